The largest absolute Gasteiger partial charge is 0.492 e. The molecule has 1 heterocycles. The number of ether oxygens (including phenoxy) is 2. The average molecular weight is 354 g/mol. The van der Waals surface area contributed by atoms with Crippen molar-refractivity contribution < 1.29 is 9.47 Å². The summed E-state index contributed by atoms with van der Waals surface area (Å²) in [4.78, 5) is 4.37. The number of rotatable bonds is 6. The van der Waals surface area contributed by atoms with Gasteiger partial charge in [-0.05, 0) is 47.9 Å². The first kappa shape index (κ1) is 16.2. The van der Waals surface area contributed by atoms with Crippen molar-refractivity contribution in [2.75, 3.05) is 6.61 Å². The molecule has 3 aromatic rings. The third-order valence-electron chi connectivity index (χ3n) is 4.70. The van der Waals surface area contributed by atoms with Crippen LogP contribution in [0.3, 0.4) is 0 Å². The minimum atomic E-state index is 0.477. The van der Waals surface area contributed by atoms with E-state index in [1.807, 2.05) is 48.5 Å². The molecule has 4 heteroatoms. The van der Waals surface area contributed by atoms with Crippen LogP contribution in [-0.2, 0) is 6.61 Å². The first-order chi connectivity index (χ1) is 12.3. The Bertz CT molecular complexity index is 862. The van der Waals surface area contributed by atoms with Crippen molar-refractivity contribution in [3.63, 3.8) is 0 Å². The standard InChI is InChI=1S/C21H20ClNO2/c22-19-12-18-17(11-20(19)24-13-16-7-4-8-16)9-10-23-21(18)25-14-15-5-2-1-3-6-15/h1-3,5-6,9-12,16H,4,7-8,13-14H2. The van der Waals surface area contributed by atoms with Crippen LogP contribution >= 0.6 is 11.6 Å². The maximum absolute atomic E-state index is 6.43. The van der Waals surface area contributed by atoms with E-state index < -0.39 is 0 Å². The van der Waals surface area contributed by atoms with Crippen LogP contribution in [0.5, 0.6) is 11.6 Å². The number of fused-ring (bicyclic) bond motifs is 1. The molecule has 0 radical (unpaired) electrons. The predicted octanol–water partition coefficient (Wildman–Crippen LogP) is 5.65. The van der Waals surface area contributed by atoms with E-state index in [-0.39, 0.29) is 0 Å². The fourth-order valence-electron chi connectivity index (χ4n) is 2.97. The molecular formula is C21H20ClNO2. The van der Waals surface area contributed by atoms with Crippen LogP contribution in [0.1, 0.15) is 24.8 Å². The third kappa shape index (κ3) is 3.72. The highest BCUT2D eigenvalue weighted by Gasteiger charge is 2.19. The molecule has 2 aromatic carbocycles. The Labute approximate surface area is 152 Å². The highest BCUT2D eigenvalue weighted by Crippen LogP contribution is 2.35. The van der Waals surface area contributed by atoms with Crippen LogP contribution in [0, 0.1) is 5.92 Å². The summed E-state index contributed by atoms with van der Waals surface area (Å²) in [5.74, 6) is 2.00. The normalized spacial score (nSPS) is 14.3. The van der Waals surface area contributed by atoms with Gasteiger partial charge in [-0.25, -0.2) is 4.98 Å². The van der Waals surface area contributed by atoms with Crippen molar-refractivity contribution in [2.45, 2.75) is 25.9 Å². The minimum Gasteiger partial charge on any atom is -0.492 e. The lowest BCUT2D eigenvalue weighted by atomic mass is 9.86. The van der Waals surface area contributed by atoms with Crippen molar-refractivity contribution in [2.24, 2.45) is 5.92 Å². The van der Waals surface area contributed by atoms with E-state index in [2.05, 4.69) is 4.98 Å². The van der Waals surface area contributed by atoms with Gasteiger partial charge in [-0.15, -0.1) is 0 Å². The molecule has 3 nitrogen and oxygen atoms in total. The molecule has 0 aliphatic heterocycles. The van der Waals surface area contributed by atoms with Gasteiger partial charge in [0.1, 0.15) is 12.4 Å². The van der Waals surface area contributed by atoms with Crippen LogP contribution in [0.25, 0.3) is 10.8 Å². The number of halogens is 1. The zero-order valence-electron chi connectivity index (χ0n) is 14.0. The molecule has 128 valence electrons. The topological polar surface area (TPSA) is 31.4 Å². The van der Waals surface area contributed by atoms with Crippen LogP contribution in [0.15, 0.2) is 54.7 Å². The Balaban J connectivity index is 1.54. The quantitative estimate of drug-likeness (QED) is 0.574. The molecule has 4 rings (SSSR count). The van der Waals surface area contributed by atoms with Gasteiger partial charge in [-0.1, -0.05) is 48.4 Å². The zero-order valence-corrected chi connectivity index (χ0v) is 14.7. The number of pyridine rings is 1. The van der Waals surface area contributed by atoms with Crippen LogP contribution in [0.2, 0.25) is 5.02 Å². The van der Waals surface area contributed by atoms with Crippen molar-refractivity contribution in [3.05, 3.63) is 65.3 Å². The van der Waals surface area contributed by atoms with E-state index in [1.165, 1.54) is 19.3 Å². The number of nitrogens with zero attached hydrogens (tertiary/aromatic N) is 1. The molecule has 1 aliphatic carbocycles. The molecule has 0 unspecified atom stereocenters. The Morgan fingerprint density at radius 1 is 1.04 bits per heavy atom. The van der Waals surface area contributed by atoms with Gasteiger partial charge in [-0.3, -0.25) is 0 Å². The second-order valence-corrected chi connectivity index (χ2v) is 6.91. The SMILES string of the molecule is Clc1cc2c(OCc3ccccc3)nccc2cc1OCC1CCC1. The molecule has 0 atom stereocenters. The smallest absolute Gasteiger partial charge is 0.221 e. The van der Waals surface area contributed by atoms with Gasteiger partial charge in [0.15, 0.2) is 0 Å². The lowest BCUT2D eigenvalue weighted by Gasteiger charge is -2.25. The van der Waals surface area contributed by atoms with E-state index in [0.29, 0.717) is 23.4 Å². The molecule has 1 aliphatic rings. The van der Waals surface area contributed by atoms with Crippen LogP contribution < -0.4 is 9.47 Å². The average Bonchev–Trinajstić information content (AvgIpc) is 2.60. The van der Waals surface area contributed by atoms with Gasteiger partial charge in [0, 0.05) is 11.6 Å². The third-order valence-corrected chi connectivity index (χ3v) is 4.99. The highest BCUT2D eigenvalue weighted by molar-refractivity contribution is 6.33. The summed E-state index contributed by atoms with van der Waals surface area (Å²) in [5.41, 5.74) is 1.10. The number of aromatic nitrogens is 1. The molecular weight excluding hydrogens is 334 g/mol. The molecule has 1 fully saturated rings. The van der Waals surface area contributed by atoms with E-state index in [1.54, 1.807) is 6.20 Å². The van der Waals surface area contributed by atoms with E-state index in [0.717, 1.165) is 28.7 Å². The maximum atomic E-state index is 6.43. The molecule has 0 N–H and O–H groups in total. The number of hydrogen-bond acceptors (Lipinski definition) is 3. The maximum Gasteiger partial charge on any atom is 0.221 e. The van der Waals surface area contributed by atoms with Gasteiger partial charge < -0.3 is 9.47 Å². The van der Waals surface area contributed by atoms with Crippen LogP contribution in [0.4, 0.5) is 0 Å². The van der Waals surface area contributed by atoms with Crippen molar-refractivity contribution in [3.8, 4) is 11.6 Å². The molecule has 0 spiro atoms. The summed E-state index contributed by atoms with van der Waals surface area (Å²) >= 11 is 6.43. The van der Waals surface area contributed by atoms with Gasteiger partial charge >= 0.3 is 0 Å². The molecule has 25 heavy (non-hydrogen) atoms. The molecule has 0 amide bonds. The first-order valence-corrected chi connectivity index (χ1v) is 9.05. The fourth-order valence-corrected chi connectivity index (χ4v) is 3.18. The predicted molar refractivity (Wildman–Crippen MR) is 100 cm³/mol. The minimum absolute atomic E-state index is 0.477. The summed E-state index contributed by atoms with van der Waals surface area (Å²) in [7, 11) is 0. The highest BCUT2D eigenvalue weighted by atomic mass is 35.5. The van der Waals surface area contributed by atoms with Crippen LogP contribution in [-0.4, -0.2) is 11.6 Å². The van der Waals surface area contributed by atoms with E-state index in [4.69, 9.17) is 21.1 Å². The lowest BCUT2D eigenvalue weighted by molar-refractivity contribution is 0.181. The second kappa shape index (κ2) is 7.32. The Morgan fingerprint density at radius 3 is 2.64 bits per heavy atom. The monoisotopic (exact) mass is 353 g/mol. The summed E-state index contributed by atoms with van der Waals surface area (Å²) in [5, 5.41) is 2.52. The first-order valence-electron chi connectivity index (χ1n) is 8.67. The zero-order chi connectivity index (χ0) is 17.1. The van der Waals surface area contributed by atoms with Crippen molar-refractivity contribution in [1.82, 2.24) is 4.98 Å². The van der Waals surface area contributed by atoms with Crippen molar-refractivity contribution >= 4 is 22.4 Å². The number of hydrogen-bond donors (Lipinski definition) is 0. The van der Waals surface area contributed by atoms with E-state index >= 15 is 0 Å². The van der Waals surface area contributed by atoms with Gasteiger partial charge in [0.25, 0.3) is 0 Å². The summed E-state index contributed by atoms with van der Waals surface area (Å²) < 4.78 is 11.8. The summed E-state index contributed by atoms with van der Waals surface area (Å²) in [6, 6.07) is 15.9. The summed E-state index contributed by atoms with van der Waals surface area (Å²) in [6.07, 6.45) is 5.58. The van der Waals surface area contributed by atoms with E-state index in [9.17, 15) is 0 Å². The van der Waals surface area contributed by atoms with Gasteiger partial charge in [0.05, 0.1) is 11.6 Å². The van der Waals surface area contributed by atoms with Gasteiger partial charge in [0.2, 0.25) is 5.88 Å². The number of benzene rings is 2. The molecule has 0 bridgehead atoms. The molecule has 0 saturated heterocycles. The van der Waals surface area contributed by atoms with Gasteiger partial charge in [-0.2, -0.15) is 0 Å². The Morgan fingerprint density at radius 2 is 1.88 bits per heavy atom. The Hall–Kier alpha value is -2.26. The second-order valence-electron chi connectivity index (χ2n) is 6.50. The molecule has 1 saturated carbocycles. The van der Waals surface area contributed by atoms with Crippen molar-refractivity contribution in [1.29, 1.82) is 0 Å². The Kier molecular flexibility index (Phi) is 4.75. The molecule has 1 aromatic heterocycles. The summed E-state index contributed by atoms with van der Waals surface area (Å²) in [6.45, 7) is 1.22. The lowest BCUT2D eigenvalue weighted by Crippen LogP contribution is -2.19. The fraction of sp³-hybridized carbons (Fsp3) is 0.286.